The maximum Gasteiger partial charge on any atom is 0.182 e. The Hall–Kier alpha value is -1.63. The van der Waals surface area contributed by atoms with Crippen LogP contribution in [0.1, 0.15) is 38.3 Å². The average Bonchev–Trinajstić information content (AvgIpc) is 2.38. The van der Waals surface area contributed by atoms with Crippen molar-refractivity contribution in [2.24, 2.45) is 11.8 Å². The first kappa shape index (κ1) is 11.8. The highest BCUT2D eigenvalue weighted by Crippen LogP contribution is 2.28. The molecule has 0 amide bonds. The summed E-state index contributed by atoms with van der Waals surface area (Å²) in [6.07, 6.45) is 8.35. The number of hydrogen-bond acceptors (Lipinski definition) is 4. The first-order valence-corrected chi connectivity index (χ1v) is 6.24. The van der Waals surface area contributed by atoms with Crippen molar-refractivity contribution in [3.8, 4) is 6.07 Å². The van der Waals surface area contributed by atoms with E-state index in [1.165, 1.54) is 25.7 Å². The highest BCUT2D eigenvalue weighted by atomic mass is 15.0. The maximum atomic E-state index is 8.90. The summed E-state index contributed by atoms with van der Waals surface area (Å²) in [7, 11) is 0. The normalized spacial score (nSPS) is 24.0. The molecule has 1 saturated carbocycles. The minimum Gasteiger partial charge on any atom is -0.367 e. The van der Waals surface area contributed by atoms with E-state index < -0.39 is 0 Å². The van der Waals surface area contributed by atoms with Gasteiger partial charge in [-0.05, 0) is 24.7 Å². The van der Waals surface area contributed by atoms with E-state index in [1.807, 2.05) is 0 Å². The number of rotatable bonds is 3. The number of hydrogen-bond donors (Lipinski definition) is 1. The molecule has 1 aliphatic carbocycles. The zero-order chi connectivity index (χ0) is 12.1. The predicted molar refractivity (Wildman–Crippen MR) is 66.4 cm³/mol. The molecule has 0 atom stereocenters. The summed E-state index contributed by atoms with van der Waals surface area (Å²) >= 11 is 0. The SMILES string of the molecule is CC1CCC(CNc2nccnc2C#N)CC1. The molecule has 4 nitrogen and oxygen atoms in total. The number of aromatic nitrogens is 2. The Kier molecular flexibility index (Phi) is 3.92. The minimum absolute atomic E-state index is 0.386. The summed E-state index contributed by atoms with van der Waals surface area (Å²) < 4.78 is 0. The van der Waals surface area contributed by atoms with Gasteiger partial charge in [-0.1, -0.05) is 19.8 Å². The van der Waals surface area contributed by atoms with Gasteiger partial charge in [-0.25, -0.2) is 9.97 Å². The third-order valence-corrected chi connectivity index (χ3v) is 3.50. The second-order valence-corrected chi connectivity index (χ2v) is 4.87. The fraction of sp³-hybridized carbons (Fsp3) is 0.615. The standard InChI is InChI=1S/C13H18N4/c1-10-2-4-11(5-3-10)9-17-13-12(8-14)15-6-7-16-13/h6-7,10-11H,2-5,9H2,1H3,(H,16,17). The van der Waals surface area contributed by atoms with E-state index in [9.17, 15) is 0 Å². The fourth-order valence-electron chi connectivity index (χ4n) is 2.32. The van der Waals surface area contributed by atoms with Crippen LogP contribution in [0.4, 0.5) is 5.82 Å². The van der Waals surface area contributed by atoms with E-state index in [2.05, 4.69) is 28.3 Å². The quantitative estimate of drug-likeness (QED) is 0.867. The number of anilines is 1. The van der Waals surface area contributed by atoms with Crippen LogP contribution in [-0.2, 0) is 0 Å². The van der Waals surface area contributed by atoms with Crippen molar-refractivity contribution in [3.05, 3.63) is 18.1 Å². The molecule has 0 spiro atoms. The number of nitrogens with zero attached hydrogens (tertiary/aromatic N) is 3. The molecule has 0 aliphatic heterocycles. The first-order valence-electron chi connectivity index (χ1n) is 6.24. The van der Waals surface area contributed by atoms with E-state index in [1.54, 1.807) is 12.4 Å². The van der Waals surface area contributed by atoms with E-state index in [-0.39, 0.29) is 0 Å². The molecule has 1 aromatic rings. The molecule has 1 aliphatic rings. The van der Waals surface area contributed by atoms with Crippen molar-refractivity contribution in [2.45, 2.75) is 32.6 Å². The molecule has 0 unspecified atom stereocenters. The summed E-state index contributed by atoms with van der Waals surface area (Å²) in [6.45, 7) is 3.22. The Balaban J connectivity index is 1.88. The zero-order valence-corrected chi connectivity index (χ0v) is 10.2. The summed E-state index contributed by atoms with van der Waals surface area (Å²) in [6, 6.07) is 2.05. The van der Waals surface area contributed by atoms with Gasteiger partial charge in [-0.15, -0.1) is 0 Å². The largest absolute Gasteiger partial charge is 0.367 e. The van der Waals surface area contributed by atoms with Gasteiger partial charge in [0.15, 0.2) is 11.5 Å². The lowest BCUT2D eigenvalue weighted by atomic mass is 9.83. The summed E-state index contributed by atoms with van der Waals surface area (Å²) in [5.41, 5.74) is 0.386. The van der Waals surface area contributed by atoms with Crippen molar-refractivity contribution < 1.29 is 0 Å². The van der Waals surface area contributed by atoms with Crippen LogP contribution in [0.2, 0.25) is 0 Å². The topological polar surface area (TPSA) is 61.6 Å². The molecule has 1 fully saturated rings. The van der Waals surface area contributed by atoms with Gasteiger partial charge in [-0.3, -0.25) is 0 Å². The molecular formula is C13H18N4. The van der Waals surface area contributed by atoms with Crippen LogP contribution < -0.4 is 5.32 Å². The highest BCUT2D eigenvalue weighted by Gasteiger charge is 2.18. The molecule has 0 radical (unpaired) electrons. The highest BCUT2D eigenvalue weighted by molar-refractivity contribution is 5.46. The third kappa shape index (κ3) is 3.16. The van der Waals surface area contributed by atoms with Gasteiger partial charge in [0.25, 0.3) is 0 Å². The van der Waals surface area contributed by atoms with Gasteiger partial charge in [0, 0.05) is 18.9 Å². The van der Waals surface area contributed by atoms with E-state index in [4.69, 9.17) is 5.26 Å². The monoisotopic (exact) mass is 230 g/mol. The molecule has 2 rings (SSSR count). The van der Waals surface area contributed by atoms with Crippen LogP contribution in [-0.4, -0.2) is 16.5 Å². The van der Waals surface area contributed by atoms with Crippen molar-refractivity contribution in [1.29, 1.82) is 5.26 Å². The van der Waals surface area contributed by atoms with Crippen LogP contribution >= 0.6 is 0 Å². The number of nitrogens with one attached hydrogen (secondary N) is 1. The molecule has 17 heavy (non-hydrogen) atoms. The molecule has 1 N–H and O–H groups in total. The Morgan fingerprint density at radius 1 is 1.29 bits per heavy atom. The second-order valence-electron chi connectivity index (χ2n) is 4.87. The fourth-order valence-corrected chi connectivity index (χ4v) is 2.32. The van der Waals surface area contributed by atoms with Crippen LogP contribution in [0.15, 0.2) is 12.4 Å². The van der Waals surface area contributed by atoms with Crippen molar-refractivity contribution in [2.75, 3.05) is 11.9 Å². The van der Waals surface area contributed by atoms with Crippen LogP contribution in [0.5, 0.6) is 0 Å². The predicted octanol–water partition coefficient (Wildman–Crippen LogP) is 2.59. The zero-order valence-electron chi connectivity index (χ0n) is 10.2. The molecule has 4 heteroatoms. The molecule has 0 aromatic carbocycles. The number of nitriles is 1. The molecule has 1 heterocycles. The van der Waals surface area contributed by atoms with Gasteiger partial charge in [-0.2, -0.15) is 5.26 Å². The van der Waals surface area contributed by atoms with Crippen LogP contribution in [0, 0.1) is 23.2 Å². The first-order chi connectivity index (χ1) is 8.29. The smallest absolute Gasteiger partial charge is 0.182 e. The average molecular weight is 230 g/mol. The molecule has 0 saturated heterocycles. The van der Waals surface area contributed by atoms with Crippen LogP contribution in [0.25, 0.3) is 0 Å². The summed E-state index contributed by atoms with van der Waals surface area (Å²) in [5.74, 6) is 2.20. The molecular weight excluding hydrogens is 212 g/mol. The van der Waals surface area contributed by atoms with E-state index in [0.29, 0.717) is 17.4 Å². The summed E-state index contributed by atoms with van der Waals surface area (Å²) in [4.78, 5) is 8.14. The van der Waals surface area contributed by atoms with Gasteiger partial charge in [0.1, 0.15) is 6.07 Å². The second kappa shape index (κ2) is 5.62. The lowest BCUT2D eigenvalue weighted by Gasteiger charge is -2.26. The lowest BCUT2D eigenvalue weighted by Crippen LogP contribution is -2.21. The molecule has 0 bridgehead atoms. The maximum absolute atomic E-state index is 8.90. The van der Waals surface area contributed by atoms with Gasteiger partial charge in [0.2, 0.25) is 0 Å². The van der Waals surface area contributed by atoms with E-state index in [0.717, 1.165) is 12.5 Å². The van der Waals surface area contributed by atoms with Gasteiger partial charge < -0.3 is 5.32 Å². The Bertz CT molecular complexity index is 402. The van der Waals surface area contributed by atoms with Gasteiger partial charge >= 0.3 is 0 Å². The molecule has 1 aromatic heterocycles. The van der Waals surface area contributed by atoms with Crippen molar-refractivity contribution in [1.82, 2.24) is 9.97 Å². The van der Waals surface area contributed by atoms with Crippen LogP contribution in [0.3, 0.4) is 0 Å². The Morgan fingerprint density at radius 2 is 2.00 bits per heavy atom. The van der Waals surface area contributed by atoms with Gasteiger partial charge in [0.05, 0.1) is 0 Å². The van der Waals surface area contributed by atoms with Crippen molar-refractivity contribution in [3.63, 3.8) is 0 Å². The van der Waals surface area contributed by atoms with E-state index >= 15 is 0 Å². The minimum atomic E-state index is 0.386. The summed E-state index contributed by atoms with van der Waals surface area (Å²) in [5, 5.41) is 12.2. The van der Waals surface area contributed by atoms with Crippen molar-refractivity contribution >= 4 is 5.82 Å². The Labute approximate surface area is 102 Å². The third-order valence-electron chi connectivity index (χ3n) is 3.50. The molecule has 90 valence electrons. The Morgan fingerprint density at radius 3 is 2.71 bits per heavy atom. The lowest BCUT2D eigenvalue weighted by molar-refractivity contribution is 0.300.